The average Bonchev–Trinajstić information content (AvgIpc) is 3.17. The fraction of sp³-hybridized carbons (Fsp3) is 0.125. The van der Waals surface area contributed by atoms with Gasteiger partial charge in [0.25, 0.3) is 0 Å². The Labute approximate surface area is 137 Å². The van der Waals surface area contributed by atoms with Crippen molar-refractivity contribution in [2.75, 3.05) is 0 Å². The molecule has 0 atom stereocenters. The van der Waals surface area contributed by atoms with E-state index in [4.69, 9.17) is 11.6 Å². The molecule has 1 N–H and O–H groups in total. The maximum atomic E-state index is 12.0. The molecule has 3 rings (SSSR count). The normalized spacial score (nSPS) is 10.6. The van der Waals surface area contributed by atoms with Gasteiger partial charge < -0.3 is 9.88 Å². The van der Waals surface area contributed by atoms with Crippen LogP contribution in [0.2, 0.25) is 5.02 Å². The van der Waals surface area contributed by atoms with Crippen molar-refractivity contribution in [3.63, 3.8) is 0 Å². The molecule has 6 heteroatoms. The fourth-order valence-electron chi connectivity index (χ4n) is 2.02. The van der Waals surface area contributed by atoms with Crippen molar-refractivity contribution in [2.45, 2.75) is 13.0 Å². The third-order valence-corrected chi connectivity index (χ3v) is 4.41. The van der Waals surface area contributed by atoms with Crippen LogP contribution >= 0.6 is 22.9 Å². The minimum absolute atomic E-state index is 0.0655. The molecule has 0 radical (unpaired) electrons. The summed E-state index contributed by atoms with van der Waals surface area (Å²) in [6, 6.07) is 11.4. The van der Waals surface area contributed by atoms with Gasteiger partial charge in [-0.15, -0.1) is 11.3 Å². The molecule has 112 valence electrons. The van der Waals surface area contributed by atoms with Crippen molar-refractivity contribution in [2.24, 2.45) is 0 Å². The molecule has 0 bridgehead atoms. The van der Waals surface area contributed by atoms with Gasteiger partial charge in [-0.25, -0.2) is 4.98 Å². The lowest BCUT2D eigenvalue weighted by Crippen LogP contribution is -2.24. The highest BCUT2D eigenvalue weighted by Crippen LogP contribution is 2.16. The number of amides is 1. The minimum Gasteiger partial charge on any atom is -0.352 e. The summed E-state index contributed by atoms with van der Waals surface area (Å²) in [5.74, 6) is -0.0655. The van der Waals surface area contributed by atoms with E-state index in [0.29, 0.717) is 11.6 Å². The van der Waals surface area contributed by atoms with Crippen molar-refractivity contribution >= 4 is 28.8 Å². The number of halogens is 1. The molecular weight excluding hydrogens is 318 g/mol. The number of carbonyl (C=O) groups excluding carboxylic acids is 1. The number of thiazole rings is 1. The average molecular weight is 332 g/mol. The predicted octanol–water partition coefficient (Wildman–Crippen LogP) is 3.45. The Kier molecular flexibility index (Phi) is 4.56. The van der Waals surface area contributed by atoms with Crippen LogP contribution in [0.25, 0.3) is 5.13 Å². The van der Waals surface area contributed by atoms with E-state index in [1.165, 1.54) is 11.3 Å². The summed E-state index contributed by atoms with van der Waals surface area (Å²) in [6.07, 6.45) is 4.13. The Balaban J connectivity index is 1.57. The lowest BCUT2D eigenvalue weighted by Gasteiger charge is -2.05. The van der Waals surface area contributed by atoms with Crippen LogP contribution in [-0.4, -0.2) is 15.5 Å². The smallest absolute Gasteiger partial charge is 0.226 e. The van der Waals surface area contributed by atoms with Gasteiger partial charge in [-0.3, -0.25) is 4.79 Å². The molecule has 0 saturated heterocycles. The first kappa shape index (κ1) is 14.8. The molecule has 0 saturated carbocycles. The van der Waals surface area contributed by atoms with E-state index in [1.807, 2.05) is 58.7 Å². The number of rotatable bonds is 5. The minimum atomic E-state index is -0.0655. The van der Waals surface area contributed by atoms with E-state index >= 15 is 0 Å². The highest BCUT2D eigenvalue weighted by atomic mass is 35.5. The largest absolute Gasteiger partial charge is 0.352 e. The summed E-state index contributed by atoms with van der Waals surface area (Å²) in [5.41, 5.74) is 1.68. The molecule has 0 fully saturated rings. The first-order chi connectivity index (χ1) is 10.7. The van der Waals surface area contributed by atoms with Crippen molar-refractivity contribution in [1.29, 1.82) is 0 Å². The van der Waals surface area contributed by atoms with E-state index in [9.17, 15) is 4.79 Å². The SMILES string of the molecule is O=C(Cc1csc(-n2cccc2)n1)NCc1ccccc1Cl. The molecule has 0 aliphatic carbocycles. The topological polar surface area (TPSA) is 46.9 Å². The van der Waals surface area contributed by atoms with Crippen molar-refractivity contribution < 1.29 is 4.79 Å². The Bertz CT molecular complexity index is 767. The van der Waals surface area contributed by atoms with E-state index in [-0.39, 0.29) is 12.3 Å². The maximum Gasteiger partial charge on any atom is 0.226 e. The molecular formula is C16H14ClN3OS. The summed E-state index contributed by atoms with van der Waals surface area (Å²) >= 11 is 7.58. The summed E-state index contributed by atoms with van der Waals surface area (Å²) < 4.78 is 1.93. The zero-order valence-corrected chi connectivity index (χ0v) is 13.3. The quantitative estimate of drug-likeness (QED) is 0.778. The second-order valence-corrected chi connectivity index (χ2v) is 6.00. The molecule has 0 spiro atoms. The molecule has 0 unspecified atom stereocenters. The van der Waals surface area contributed by atoms with Crippen molar-refractivity contribution in [3.05, 3.63) is 70.5 Å². The van der Waals surface area contributed by atoms with E-state index in [2.05, 4.69) is 10.3 Å². The van der Waals surface area contributed by atoms with Crippen LogP contribution in [0.4, 0.5) is 0 Å². The van der Waals surface area contributed by atoms with Gasteiger partial charge in [0.1, 0.15) is 0 Å². The fourth-order valence-corrected chi connectivity index (χ4v) is 3.01. The highest BCUT2D eigenvalue weighted by molar-refractivity contribution is 7.12. The van der Waals surface area contributed by atoms with E-state index in [1.54, 1.807) is 0 Å². The molecule has 2 aromatic heterocycles. The zero-order chi connectivity index (χ0) is 15.4. The monoisotopic (exact) mass is 331 g/mol. The predicted molar refractivity (Wildman–Crippen MR) is 88.4 cm³/mol. The third kappa shape index (κ3) is 3.55. The third-order valence-electron chi connectivity index (χ3n) is 3.14. The molecule has 1 amide bonds. The molecule has 0 aliphatic heterocycles. The molecule has 0 aliphatic rings. The Morgan fingerprint density at radius 1 is 1.23 bits per heavy atom. The zero-order valence-electron chi connectivity index (χ0n) is 11.7. The number of nitrogens with one attached hydrogen (secondary N) is 1. The first-order valence-electron chi connectivity index (χ1n) is 6.80. The summed E-state index contributed by atoms with van der Waals surface area (Å²) in [7, 11) is 0. The summed E-state index contributed by atoms with van der Waals surface area (Å²) in [5, 5.41) is 6.29. The first-order valence-corrected chi connectivity index (χ1v) is 8.06. The van der Waals surface area contributed by atoms with Gasteiger partial charge >= 0.3 is 0 Å². The Hall–Kier alpha value is -2.11. The second-order valence-electron chi connectivity index (χ2n) is 4.76. The molecule has 1 aromatic carbocycles. The summed E-state index contributed by atoms with van der Waals surface area (Å²) in [6.45, 7) is 0.424. The maximum absolute atomic E-state index is 12.0. The lowest BCUT2D eigenvalue weighted by molar-refractivity contribution is -0.120. The molecule has 22 heavy (non-hydrogen) atoms. The van der Waals surface area contributed by atoms with Gasteiger partial charge in [-0.05, 0) is 23.8 Å². The number of benzene rings is 1. The molecule has 2 heterocycles. The number of nitrogens with zero attached hydrogens (tertiary/aromatic N) is 2. The Morgan fingerprint density at radius 2 is 2.00 bits per heavy atom. The standard InChI is InChI=1S/C16H14ClN3OS/c17-14-6-2-1-5-12(14)10-18-15(21)9-13-11-22-16(19-13)20-7-3-4-8-20/h1-8,11H,9-10H2,(H,18,21). The molecule has 4 nitrogen and oxygen atoms in total. The lowest BCUT2D eigenvalue weighted by atomic mass is 10.2. The van der Waals surface area contributed by atoms with Crippen LogP contribution in [0.15, 0.2) is 54.2 Å². The van der Waals surface area contributed by atoms with E-state index in [0.717, 1.165) is 16.4 Å². The van der Waals surface area contributed by atoms with Crippen LogP contribution in [0.1, 0.15) is 11.3 Å². The van der Waals surface area contributed by atoms with Crippen LogP contribution < -0.4 is 5.32 Å². The van der Waals surface area contributed by atoms with Gasteiger partial charge in [0, 0.05) is 29.3 Å². The Morgan fingerprint density at radius 3 is 2.77 bits per heavy atom. The van der Waals surface area contributed by atoms with Gasteiger partial charge in [0.2, 0.25) is 5.91 Å². The highest BCUT2D eigenvalue weighted by Gasteiger charge is 2.09. The van der Waals surface area contributed by atoms with Crippen LogP contribution in [0.5, 0.6) is 0 Å². The van der Waals surface area contributed by atoms with Crippen LogP contribution in [0, 0.1) is 0 Å². The van der Waals surface area contributed by atoms with Crippen molar-refractivity contribution in [3.8, 4) is 5.13 Å². The summed E-state index contributed by atoms with van der Waals surface area (Å²) in [4.78, 5) is 16.5. The van der Waals surface area contributed by atoms with Gasteiger partial charge in [0.15, 0.2) is 5.13 Å². The van der Waals surface area contributed by atoms with Crippen LogP contribution in [0.3, 0.4) is 0 Å². The van der Waals surface area contributed by atoms with E-state index < -0.39 is 0 Å². The second kappa shape index (κ2) is 6.77. The molecule has 3 aromatic rings. The van der Waals surface area contributed by atoms with Crippen molar-refractivity contribution in [1.82, 2.24) is 14.9 Å². The van der Waals surface area contributed by atoms with Gasteiger partial charge in [-0.2, -0.15) is 0 Å². The van der Waals surface area contributed by atoms with Gasteiger partial charge in [0.05, 0.1) is 12.1 Å². The van der Waals surface area contributed by atoms with Gasteiger partial charge in [-0.1, -0.05) is 29.8 Å². The number of hydrogen-bond donors (Lipinski definition) is 1. The number of hydrogen-bond acceptors (Lipinski definition) is 3. The van der Waals surface area contributed by atoms with Crippen LogP contribution in [-0.2, 0) is 17.8 Å². The number of aromatic nitrogens is 2. The number of carbonyl (C=O) groups is 1.